The van der Waals surface area contributed by atoms with Crippen LogP contribution in [0.15, 0.2) is 18.2 Å². The summed E-state index contributed by atoms with van der Waals surface area (Å²) in [5, 5.41) is 10.2. The van der Waals surface area contributed by atoms with E-state index in [2.05, 4.69) is 0 Å². The van der Waals surface area contributed by atoms with Gasteiger partial charge >= 0.3 is 0 Å². The maximum atomic E-state index is 10.2. The number of hydrogen-bond donors (Lipinski definition) is 2. The van der Waals surface area contributed by atoms with E-state index in [0.717, 1.165) is 30.6 Å². The third-order valence-electron chi connectivity index (χ3n) is 4.39. The Morgan fingerprint density at radius 1 is 1.20 bits per heavy atom. The van der Waals surface area contributed by atoms with E-state index in [1.807, 2.05) is 18.2 Å². The molecule has 1 aromatic rings. The Balaban J connectivity index is 2.26. The second-order valence-electron chi connectivity index (χ2n) is 5.47. The molecule has 0 bridgehead atoms. The lowest BCUT2D eigenvalue weighted by Crippen LogP contribution is -2.33. The molecule has 0 amide bonds. The summed E-state index contributed by atoms with van der Waals surface area (Å²) in [4.78, 5) is 0. The Morgan fingerprint density at radius 3 is 2.50 bits per heavy atom. The minimum absolute atomic E-state index is 0.171. The van der Waals surface area contributed by atoms with Crippen LogP contribution in [0.1, 0.15) is 37.2 Å². The molecule has 1 saturated carbocycles. The molecule has 1 fully saturated rings. The number of aliphatic hydroxyl groups is 1. The molecule has 4 heteroatoms. The Hall–Kier alpha value is -1.26. The van der Waals surface area contributed by atoms with Crippen LogP contribution in [0.3, 0.4) is 0 Å². The highest BCUT2D eigenvalue weighted by Crippen LogP contribution is 2.38. The van der Waals surface area contributed by atoms with Gasteiger partial charge in [-0.3, -0.25) is 0 Å². The van der Waals surface area contributed by atoms with Crippen molar-refractivity contribution in [1.29, 1.82) is 0 Å². The maximum Gasteiger partial charge on any atom is 0.160 e. The number of ether oxygens (including phenoxy) is 2. The normalized spacial score (nSPS) is 24.2. The molecule has 0 aromatic heterocycles. The third-order valence-corrected chi connectivity index (χ3v) is 4.39. The molecule has 1 aromatic carbocycles. The molecule has 0 saturated heterocycles. The minimum Gasteiger partial charge on any atom is -0.493 e. The average Bonchev–Trinajstić information content (AvgIpc) is 2.49. The second-order valence-corrected chi connectivity index (χ2v) is 5.47. The lowest BCUT2D eigenvalue weighted by Gasteiger charge is -2.34. The number of methoxy groups -OCH3 is 2. The molecular formula is C16H25NO3. The SMILES string of the molecule is COc1ccc([C@H](CN)[C@H]2CCCC[C@@H]2O)cc1OC. The number of hydrogen-bond acceptors (Lipinski definition) is 4. The van der Waals surface area contributed by atoms with E-state index >= 15 is 0 Å². The van der Waals surface area contributed by atoms with Crippen LogP contribution in [-0.4, -0.2) is 32.0 Å². The van der Waals surface area contributed by atoms with Crippen molar-refractivity contribution in [2.45, 2.75) is 37.7 Å². The molecule has 1 aliphatic rings. The van der Waals surface area contributed by atoms with Crippen molar-refractivity contribution in [2.75, 3.05) is 20.8 Å². The van der Waals surface area contributed by atoms with Gasteiger partial charge in [-0.15, -0.1) is 0 Å². The molecule has 3 N–H and O–H groups in total. The van der Waals surface area contributed by atoms with Crippen molar-refractivity contribution in [1.82, 2.24) is 0 Å². The van der Waals surface area contributed by atoms with Crippen LogP contribution in [0, 0.1) is 5.92 Å². The zero-order valence-electron chi connectivity index (χ0n) is 12.3. The Labute approximate surface area is 120 Å². The number of aliphatic hydroxyl groups excluding tert-OH is 1. The lowest BCUT2D eigenvalue weighted by molar-refractivity contribution is 0.0560. The summed E-state index contributed by atoms with van der Waals surface area (Å²) in [6, 6.07) is 5.92. The predicted octanol–water partition coefficient (Wildman–Crippen LogP) is 2.30. The average molecular weight is 279 g/mol. The molecule has 3 atom stereocenters. The summed E-state index contributed by atoms with van der Waals surface area (Å²) in [5.41, 5.74) is 7.10. The van der Waals surface area contributed by atoms with E-state index in [1.54, 1.807) is 14.2 Å². The topological polar surface area (TPSA) is 64.7 Å². The molecular weight excluding hydrogens is 254 g/mol. The first-order chi connectivity index (χ1) is 9.71. The largest absolute Gasteiger partial charge is 0.493 e. The summed E-state index contributed by atoms with van der Waals surface area (Å²) < 4.78 is 10.6. The van der Waals surface area contributed by atoms with E-state index in [9.17, 15) is 5.11 Å². The van der Waals surface area contributed by atoms with Gasteiger partial charge in [0.2, 0.25) is 0 Å². The highest BCUT2D eigenvalue weighted by atomic mass is 16.5. The van der Waals surface area contributed by atoms with E-state index < -0.39 is 0 Å². The minimum atomic E-state index is -0.245. The highest BCUT2D eigenvalue weighted by molar-refractivity contribution is 5.44. The highest BCUT2D eigenvalue weighted by Gasteiger charge is 2.31. The van der Waals surface area contributed by atoms with Crippen molar-refractivity contribution in [2.24, 2.45) is 11.7 Å². The Morgan fingerprint density at radius 2 is 1.90 bits per heavy atom. The zero-order chi connectivity index (χ0) is 14.5. The molecule has 4 nitrogen and oxygen atoms in total. The molecule has 2 rings (SSSR count). The Bertz CT molecular complexity index is 436. The fraction of sp³-hybridized carbons (Fsp3) is 0.625. The maximum absolute atomic E-state index is 10.2. The first-order valence-electron chi connectivity index (χ1n) is 7.31. The van der Waals surface area contributed by atoms with Crippen molar-refractivity contribution in [3.8, 4) is 11.5 Å². The third kappa shape index (κ3) is 3.07. The second kappa shape index (κ2) is 6.95. The van der Waals surface area contributed by atoms with Crippen LogP contribution in [0.4, 0.5) is 0 Å². The van der Waals surface area contributed by atoms with Crippen LogP contribution < -0.4 is 15.2 Å². The van der Waals surface area contributed by atoms with Crippen LogP contribution in [0.2, 0.25) is 0 Å². The van der Waals surface area contributed by atoms with Crippen LogP contribution in [-0.2, 0) is 0 Å². The van der Waals surface area contributed by atoms with Gasteiger partial charge in [-0.1, -0.05) is 18.9 Å². The van der Waals surface area contributed by atoms with Gasteiger partial charge in [0.1, 0.15) is 0 Å². The van der Waals surface area contributed by atoms with E-state index in [4.69, 9.17) is 15.2 Å². The fourth-order valence-corrected chi connectivity index (χ4v) is 3.25. The van der Waals surface area contributed by atoms with Crippen LogP contribution in [0.25, 0.3) is 0 Å². The fourth-order valence-electron chi connectivity index (χ4n) is 3.25. The first kappa shape index (κ1) is 15.1. The monoisotopic (exact) mass is 279 g/mol. The van der Waals surface area contributed by atoms with Crippen molar-refractivity contribution >= 4 is 0 Å². The smallest absolute Gasteiger partial charge is 0.160 e. The summed E-state index contributed by atoms with van der Waals surface area (Å²) in [6.07, 6.45) is 3.96. The van der Waals surface area contributed by atoms with Crippen molar-refractivity contribution < 1.29 is 14.6 Å². The van der Waals surface area contributed by atoms with Gasteiger partial charge in [-0.05, 0) is 43.0 Å². The Kier molecular flexibility index (Phi) is 5.26. The molecule has 1 aliphatic carbocycles. The predicted molar refractivity (Wildman–Crippen MR) is 79.3 cm³/mol. The summed E-state index contributed by atoms with van der Waals surface area (Å²) >= 11 is 0. The standard InChI is InChI=1S/C16H25NO3/c1-19-15-8-7-11(9-16(15)20-2)13(10-17)12-5-3-4-6-14(12)18/h7-9,12-14,18H,3-6,10,17H2,1-2H3/t12-,13+,14+/m1/s1. The van der Waals surface area contributed by atoms with Gasteiger partial charge in [-0.2, -0.15) is 0 Å². The van der Waals surface area contributed by atoms with Gasteiger partial charge in [0.25, 0.3) is 0 Å². The van der Waals surface area contributed by atoms with E-state index in [1.165, 1.54) is 6.42 Å². The van der Waals surface area contributed by atoms with Gasteiger partial charge in [0.05, 0.1) is 20.3 Å². The van der Waals surface area contributed by atoms with Gasteiger partial charge in [0, 0.05) is 5.92 Å². The van der Waals surface area contributed by atoms with Gasteiger partial charge in [-0.25, -0.2) is 0 Å². The molecule has 0 aliphatic heterocycles. The molecule has 0 spiro atoms. The van der Waals surface area contributed by atoms with E-state index in [0.29, 0.717) is 12.3 Å². The quantitative estimate of drug-likeness (QED) is 0.868. The van der Waals surface area contributed by atoms with Gasteiger partial charge < -0.3 is 20.3 Å². The summed E-state index contributed by atoms with van der Waals surface area (Å²) in [7, 11) is 3.26. The lowest BCUT2D eigenvalue weighted by atomic mass is 9.75. The van der Waals surface area contributed by atoms with Gasteiger partial charge in [0.15, 0.2) is 11.5 Å². The van der Waals surface area contributed by atoms with Crippen LogP contribution in [0.5, 0.6) is 11.5 Å². The molecule has 0 radical (unpaired) electrons. The zero-order valence-corrected chi connectivity index (χ0v) is 12.3. The van der Waals surface area contributed by atoms with Crippen LogP contribution >= 0.6 is 0 Å². The first-order valence-corrected chi connectivity index (χ1v) is 7.31. The molecule has 112 valence electrons. The number of nitrogens with two attached hydrogens (primary N) is 1. The number of rotatable bonds is 5. The van der Waals surface area contributed by atoms with Crippen molar-refractivity contribution in [3.05, 3.63) is 23.8 Å². The molecule has 20 heavy (non-hydrogen) atoms. The van der Waals surface area contributed by atoms with Crippen molar-refractivity contribution in [3.63, 3.8) is 0 Å². The summed E-state index contributed by atoms with van der Waals surface area (Å²) in [5.74, 6) is 1.85. The molecule has 0 unspecified atom stereocenters. The number of benzene rings is 1. The van der Waals surface area contributed by atoms with E-state index in [-0.39, 0.29) is 17.9 Å². The molecule has 0 heterocycles. The summed E-state index contributed by atoms with van der Waals surface area (Å²) in [6.45, 7) is 0.539.